The maximum Gasteiger partial charge on any atom is 0.375 e. The molecule has 1 aromatic carbocycles. The maximum absolute atomic E-state index is 12.2. The number of fused-ring (bicyclic) bond motifs is 1. The van der Waals surface area contributed by atoms with Crippen LogP contribution in [0.3, 0.4) is 0 Å². The molecular weight excluding hydrogens is 312 g/mol. The summed E-state index contributed by atoms with van der Waals surface area (Å²) in [5.41, 5.74) is 1.20. The van der Waals surface area contributed by atoms with Crippen molar-refractivity contribution in [3.63, 3.8) is 0 Å². The molecular formula is C17H20N2O5. The maximum atomic E-state index is 12.2. The lowest BCUT2D eigenvalue weighted by molar-refractivity contribution is -0.128. The van der Waals surface area contributed by atoms with E-state index in [0.29, 0.717) is 11.1 Å². The second-order valence-electron chi connectivity index (χ2n) is 5.72. The average molecular weight is 332 g/mol. The highest BCUT2D eigenvalue weighted by Crippen LogP contribution is 2.25. The number of amides is 3. The minimum Gasteiger partial charge on any atom is -0.449 e. The zero-order valence-electron chi connectivity index (χ0n) is 14.0. The van der Waals surface area contributed by atoms with Crippen LogP contribution in [0.25, 0.3) is 11.0 Å². The van der Waals surface area contributed by atoms with Crippen molar-refractivity contribution in [3.05, 3.63) is 35.6 Å². The summed E-state index contributed by atoms with van der Waals surface area (Å²) in [6.07, 6.45) is -1.14. The van der Waals surface area contributed by atoms with Crippen molar-refractivity contribution in [3.8, 4) is 0 Å². The van der Waals surface area contributed by atoms with Crippen molar-refractivity contribution in [1.82, 2.24) is 10.6 Å². The van der Waals surface area contributed by atoms with Crippen LogP contribution in [0.5, 0.6) is 0 Å². The Bertz CT molecular complexity index is 778. The van der Waals surface area contributed by atoms with E-state index in [1.807, 2.05) is 12.1 Å². The molecule has 0 aliphatic heterocycles. The first-order valence-electron chi connectivity index (χ1n) is 7.60. The molecule has 1 aromatic heterocycles. The van der Waals surface area contributed by atoms with Gasteiger partial charge in [-0.3, -0.25) is 10.1 Å². The third-order valence-electron chi connectivity index (χ3n) is 3.34. The lowest BCUT2D eigenvalue weighted by Gasteiger charge is -2.13. The topological polar surface area (TPSA) is 97.6 Å². The third-order valence-corrected chi connectivity index (χ3v) is 3.34. The van der Waals surface area contributed by atoms with Gasteiger partial charge in [-0.25, -0.2) is 9.59 Å². The standard InChI is InChI=1S/C17H20N2O5/c1-9(2)18-17(22)19-15(20)11(4)23-16(21)14-10(3)12-7-5-6-8-13(12)24-14/h5-9,11H,1-4H3,(H2,18,19,20,22)/t11-/m1/s1. The number of esters is 1. The molecule has 0 bridgehead atoms. The highest BCUT2D eigenvalue weighted by atomic mass is 16.6. The minimum absolute atomic E-state index is 0.0440. The first-order chi connectivity index (χ1) is 11.3. The monoisotopic (exact) mass is 332 g/mol. The van der Waals surface area contributed by atoms with E-state index in [4.69, 9.17) is 9.15 Å². The van der Waals surface area contributed by atoms with E-state index in [0.717, 1.165) is 5.39 Å². The second kappa shape index (κ2) is 7.16. The summed E-state index contributed by atoms with van der Waals surface area (Å²) in [5.74, 6) is -1.42. The van der Waals surface area contributed by atoms with Crippen molar-refractivity contribution in [2.45, 2.75) is 39.8 Å². The summed E-state index contributed by atoms with van der Waals surface area (Å²) in [6.45, 7) is 6.65. The fraction of sp³-hybridized carbons (Fsp3) is 0.353. The predicted octanol–water partition coefficient (Wildman–Crippen LogP) is 2.52. The molecule has 7 nitrogen and oxygen atoms in total. The number of rotatable bonds is 4. The van der Waals surface area contributed by atoms with Crippen molar-refractivity contribution in [1.29, 1.82) is 0 Å². The van der Waals surface area contributed by atoms with Crippen LogP contribution in [0.1, 0.15) is 36.9 Å². The molecule has 0 saturated heterocycles. The zero-order valence-corrected chi connectivity index (χ0v) is 14.0. The molecule has 0 radical (unpaired) electrons. The fourth-order valence-electron chi connectivity index (χ4n) is 2.15. The molecule has 3 amide bonds. The van der Waals surface area contributed by atoms with Gasteiger partial charge in [-0.15, -0.1) is 0 Å². The number of hydrogen-bond acceptors (Lipinski definition) is 5. The van der Waals surface area contributed by atoms with Crippen LogP contribution in [-0.2, 0) is 9.53 Å². The van der Waals surface area contributed by atoms with Crippen LogP contribution in [0.4, 0.5) is 4.79 Å². The van der Waals surface area contributed by atoms with Crippen LogP contribution in [0, 0.1) is 6.92 Å². The predicted molar refractivity (Wildman–Crippen MR) is 87.6 cm³/mol. The van der Waals surface area contributed by atoms with Crippen molar-refractivity contribution in [2.24, 2.45) is 0 Å². The van der Waals surface area contributed by atoms with Gasteiger partial charge in [-0.2, -0.15) is 0 Å². The molecule has 7 heteroatoms. The molecule has 1 heterocycles. The minimum atomic E-state index is -1.14. The van der Waals surface area contributed by atoms with Crippen LogP contribution in [-0.4, -0.2) is 30.1 Å². The van der Waals surface area contributed by atoms with Crippen molar-refractivity contribution < 1.29 is 23.5 Å². The highest BCUT2D eigenvalue weighted by molar-refractivity contribution is 6.00. The Hall–Kier alpha value is -2.83. The number of urea groups is 1. The molecule has 0 unspecified atom stereocenters. The Morgan fingerprint density at radius 3 is 2.42 bits per heavy atom. The third kappa shape index (κ3) is 3.92. The molecule has 0 aliphatic carbocycles. The van der Waals surface area contributed by atoms with Gasteiger partial charge >= 0.3 is 12.0 Å². The number of ether oxygens (including phenoxy) is 1. The molecule has 2 rings (SSSR count). The fourth-order valence-corrected chi connectivity index (χ4v) is 2.15. The number of aryl methyl sites for hydroxylation is 1. The molecule has 2 aromatic rings. The van der Waals surface area contributed by atoms with Gasteiger partial charge in [0.05, 0.1) is 0 Å². The van der Waals surface area contributed by atoms with Crippen LogP contribution in [0.15, 0.2) is 28.7 Å². The number of carbonyl (C=O) groups excluding carboxylic acids is 3. The molecule has 0 fully saturated rings. The van der Waals surface area contributed by atoms with E-state index in [1.165, 1.54) is 6.92 Å². The van der Waals surface area contributed by atoms with Crippen molar-refractivity contribution in [2.75, 3.05) is 0 Å². The summed E-state index contributed by atoms with van der Waals surface area (Å²) in [6, 6.07) is 6.45. The van der Waals surface area contributed by atoms with Gasteiger partial charge in [0.1, 0.15) is 5.58 Å². The van der Waals surface area contributed by atoms with Gasteiger partial charge in [0, 0.05) is 17.0 Å². The Kier molecular flexibility index (Phi) is 5.23. The van der Waals surface area contributed by atoms with E-state index >= 15 is 0 Å². The summed E-state index contributed by atoms with van der Waals surface area (Å²) in [5, 5.41) is 5.43. The lowest BCUT2D eigenvalue weighted by Crippen LogP contribution is -2.46. The average Bonchev–Trinajstić information content (AvgIpc) is 2.84. The molecule has 0 aliphatic rings. The van der Waals surface area contributed by atoms with E-state index in [9.17, 15) is 14.4 Å². The summed E-state index contributed by atoms with van der Waals surface area (Å²) in [7, 11) is 0. The number of benzene rings is 1. The number of para-hydroxylation sites is 1. The SMILES string of the molecule is Cc1c(C(=O)O[C@H](C)C(=O)NC(=O)NC(C)C)oc2ccccc12. The number of hydrogen-bond donors (Lipinski definition) is 2. The molecule has 0 spiro atoms. The number of carbonyl (C=O) groups is 3. The molecule has 2 N–H and O–H groups in total. The highest BCUT2D eigenvalue weighted by Gasteiger charge is 2.25. The molecule has 24 heavy (non-hydrogen) atoms. The van der Waals surface area contributed by atoms with Gasteiger partial charge in [0.25, 0.3) is 5.91 Å². The Morgan fingerprint density at radius 1 is 1.12 bits per heavy atom. The molecule has 0 saturated carbocycles. The van der Waals surface area contributed by atoms with E-state index in [-0.39, 0.29) is 11.8 Å². The van der Waals surface area contributed by atoms with Gasteiger partial charge in [0.2, 0.25) is 5.76 Å². The van der Waals surface area contributed by atoms with Crippen LogP contribution >= 0.6 is 0 Å². The van der Waals surface area contributed by atoms with Crippen molar-refractivity contribution >= 4 is 28.9 Å². The second-order valence-corrected chi connectivity index (χ2v) is 5.72. The lowest BCUT2D eigenvalue weighted by atomic mass is 10.1. The van der Waals surface area contributed by atoms with Crippen LogP contribution < -0.4 is 10.6 Å². The molecule has 1 atom stereocenters. The Morgan fingerprint density at radius 2 is 1.79 bits per heavy atom. The first kappa shape index (κ1) is 17.5. The van der Waals surface area contributed by atoms with Gasteiger partial charge in [-0.05, 0) is 33.8 Å². The van der Waals surface area contributed by atoms with E-state index in [2.05, 4.69) is 10.6 Å². The molecule has 128 valence electrons. The normalized spacial score (nSPS) is 12.0. The quantitative estimate of drug-likeness (QED) is 0.839. The number of imide groups is 1. The van der Waals surface area contributed by atoms with Crippen LogP contribution in [0.2, 0.25) is 0 Å². The Labute approximate surface area is 139 Å². The van der Waals surface area contributed by atoms with Gasteiger partial charge in [-0.1, -0.05) is 18.2 Å². The Balaban J connectivity index is 2.04. The summed E-state index contributed by atoms with van der Waals surface area (Å²) in [4.78, 5) is 35.6. The first-order valence-corrected chi connectivity index (χ1v) is 7.60. The van der Waals surface area contributed by atoms with Gasteiger partial charge < -0.3 is 14.5 Å². The zero-order chi connectivity index (χ0) is 17.9. The van der Waals surface area contributed by atoms with E-state index < -0.39 is 24.0 Å². The summed E-state index contributed by atoms with van der Waals surface area (Å²) < 4.78 is 10.6. The smallest absolute Gasteiger partial charge is 0.375 e. The number of nitrogens with one attached hydrogen (secondary N) is 2. The largest absolute Gasteiger partial charge is 0.449 e. The number of furan rings is 1. The van der Waals surface area contributed by atoms with E-state index in [1.54, 1.807) is 32.9 Å². The summed E-state index contributed by atoms with van der Waals surface area (Å²) >= 11 is 0. The van der Waals surface area contributed by atoms with Gasteiger partial charge in [0.15, 0.2) is 6.10 Å².